The van der Waals surface area contributed by atoms with Crippen molar-refractivity contribution in [1.82, 2.24) is 29.9 Å². The second-order valence-corrected chi connectivity index (χ2v) is 7.03. The van der Waals surface area contributed by atoms with E-state index < -0.39 is 0 Å². The van der Waals surface area contributed by atoms with E-state index in [0.29, 0.717) is 17.4 Å². The smallest absolute Gasteiger partial charge is 0.268 e. The van der Waals surface area contributed by atoms with Crippen molar-refractivity contribution in [2.24, 2.45) is 0 Å². The Morgan fingerprint density at radius 1 is 1.17 bits per heavy atom. The lowest BCUT2D eigenvalue weighted by Gasteiger charge is -2.31. The maximum atomic E-state index is 5.38. The van der Waals surface area contributed by atoms with E-state index in [1.54, 1.807) is 29.9 Å². The SMILES string of the molecule is CN1CCN(Cc2ccc(-c3nc(-c4cnccn4)no3)s2)CC1. The quantitative estimate of drug-likeness (QED) is 0.718. The zero-order valence-corrected chi connectivity index (χ0v) is 14.2. The van der Waals surface area contributed by atoms with Crippen LogP contribution in [0.1, 0.15) is 4.88 Å². The monoisotopic (exact) mass is 342 g/mol. The number of hydrogen-bond donors (Lipinski definition) is 0. The second kappa shape index (κ2) is 6.76. The molecular formula is C16H18N6OS. The summed E-state index contributed by atoms with van der Waals surface area (Å²) in [6, 6.07) is 4.19. The molecule has 24 heavy (non-hydrogen) atoms. The van der Waals surface area contributed by atoms with Gasteiger partial charge in [0, 0.05) is 50.0 Å². The van der Waals surface area contributed by atoms with Crippen molar-refractivity contribution in [3.8, 4) is 22.3 Å². The highest BCUT2D eigenvalue weighted by Gasteiger charge is 2.17. The van der Waals surface area contributed by atoms with Gasteiger partial charge in [-0.2, -0.15) is 4.98 Å². The van der Waals surface area contributed by atoms with Crippen molar-refractivity contribution in [3.63, 3.8) is 0 Å². The molecule has 3 aromatic rings. The highest BCUT2D eigenvalue weighted by Crippen LogP contribution is 2.29. The molecule has 7 nitrogen and oxygen atoms in total. The number of nitrogens with zero attached hydrogens (tertiary/aromatic N) is 6. The van der Waals surface area contributed by atoms with Crippen LogP contribution in [-0.4, -0.2) is 63.1 Å². The van der Waals surface area contributed by atoms with Gasteiger partial charge in [-0.05, 0) is 19.2 Å². The van der Waals surface area contributed by atoms with Crippen LogP contribution in [0.5, 0.6) is 0 Å². The topological polar surface area (TPSA) is 71.2 Å². The molecule has 0 spiro atoms. The van der Waals surface area contributed by atoms with E-state index in [-0.39, 0.29) is 0 Å². The predicted molar refractivity (Wildman–Crippen MR) is 91.4 cm³/mol. The highest BCUT2D eigenvalue weighted by molar-refractivity contribution is 7.15. The molecular weight excluding hydrogens is 324 g/mol. The molecule has 0 aliphatic carbocycles. The van der Waals surface area contributed by atoms with Gasteiger partial charge in [-0.25, -0.2) is 4.98 Å². The van der Waals surface area contributed by atoms with Crippen molar-refractivity contribution in [2.45, 2.75) is 6.54 Å². The van der Waals surface area contributed by atoms with Crippen LogP contribution >= 0.6 is 11.3 Å². The Hall–Kier alpha value is -2.16. The van der Waals surface area contributed by atoms with Crippen molar-refractivity contribution in [3.05, 3.63) is 35.6 Å². The molecule has 4 rings (SSSR count). The largest absolute Gasteiger partial charge is 0.333 e. The number of thiophene rings is 1. The molecule has 0 saturated carbocycles. The minimum absolute atomic E-state index is 0.465. The van der Waals surface area contributed by atoms with Crippen LogP contribution < -0.4 is 0 Å². The summed E-state index contributed by atoms with van der Waals surface area (Å²) in [4.78, 5) is 19.8. The second-order valence-electron chi connectivity index (χ2n) is 5.86. The Labute approximate surface area is 144 Å². The van der Waals surface area contributed by atoms with Crippen LogP contribution in [0.4, 0.5) is 0 Å². The molecule has 1 saturated heterocycles. The molecule has 124 valence electrons. The lowest BCUT2D eigenvalue weighted by molar-refractivity contribution is 0.149. The van der Waals surface area contributed by atoms with Gasteiger partial charge in [0.25, 0.3) is 5.89 Å². The third-order valence-electron chi connectivity index (χ3n) is 4.07. The molecule has 1 fully saturated rings. The summed E-state index contributed by atoms with van der Waals surface area (Å²) >= 11 is 1.70. The third-order valence-corrected chi connectivity index (χ3v) is 5.12. The Bertz CT molecular complexity index is 794. The van der Waals surface area contributed by atoms with E-state index >= 15 is 0 Å². The van der Waals surface area contributed by atoms with Gasteiger partial charge in [-0.3, -0.25) is 9.88 Å². The summed E-state index contributed by atoms with van der Waals surface area (Å²) in [6.07, 6.45) is 4.86. The van der Waals surface area contributed by atoms with Gasteiger partial charge in [-0.15, -0.1) is 11.3 Å². The van der Waals surface area contributed by atoms with Crippen LogP contribution in [0.3, 0.4) is 0 Å². The fourth-order valence-corrected chi connectivity index (χ4v) is 3.62. The van der Waals surface area contributed by atoms with Crippen LogP contribution in [0.2, 0.25) is 0 Å². The van der Waals surface area contributed by atoms with Gasteiger partial charge < -0.3 is 9.42 Å². The van der Waals surface area contributed by atoms with E-state index in [2.05, 4.69) is 43.0 Å². The molecule has 1 aliphatic rings. The van der Waals surface area contributed by atoms with Gasteiger partial charge in [0.1, 0.15) is 5.69 Å². The fourth-order valence-electron chi connectivity index (χ4n) is 2.65. The number of piperazine rings is 1. The van der Waals surface area contributed by atoms with E-state index in [9.17, 15) is 0 Å². The Kier molecular flexibility index (Phi) is 4.33. The van der Waals surface area contributed by atoms with Gasteiger partial charge in [-0.1, -0.05) is 5.16 Å². The summed E-state index contributed by atoms with van der Waals surface area (Å²) in [5.74, 6) is 0.998. The van der Waals surface area contributed by atoms with E-state index in [0.717, 1.165) is 37.6 Å². The average Bonchev–Trinajstić information content (AvgIpc) is 3.27. The predicted octanol–water partition coefficient (Wildman–Crippen LogP) is 2.00. The molecule has 4 heterocycles. The first-order valence-electron chi connectivity index (χ1n) is 7.88. The van der Waals surface area contributed by atoms with Crippen molar-refractivity contribution in [1.29, 1.82) is 0 Å². The summed E-state index contributed by atoms with van der Waals surface area (Å²) in [5.41, 5.74) is 0.613. The van der Waals surface area contributed by atoms with Crippen molar-refractivity contribution in [2.75, 3.05) is 33.2 Å². The number of hydrogen-bond acceptors (Lipinski definition) is 8. The normalized spacial score (nSPS) is 16.5. The molecule has 3 aromatic heterocycles. The molecule has 0 amide bonds. The summed E-state index contributed by atoms with van der Waals surface area (Å²) in [5, 5.41) is 4.00. The van der Waals surface area contributed by atoms with E-state index in [4.69, 9.17) is 4.52 Å². The van der Waals surface area contributed by atoms with Gasteiger partial charge in [0.2, 0.25) is 5.82 Å². The Morgan fingerprint density at radius 2 is 2.04 bits per heavy atom. The first-order chi connectivity index (χ1) is 11.8. The molecule has 0 bridgehead atoms. The Morgan fingerprint density at radius 3 is 2.83 bits per heavy atom. The molecule has 0 aromatic carbocycles. The molecule has 0 radical (unpaired) electrons. The van der Waals surface area contributed by atoms with Gasteiger partial charge in [0.05, 0.1) is 11.1 Å². The highest BCUT2D eigenvalue weighted by atomic mass is 32.1. The minimum Gasteiger partial charge on any atom is -0.333 e. The van der Waals surface area contributed by atoms with Crippen molar-refractivity contribution >= 4 is 11.3 Å². The van der Waals surface area contributed by atoms with E-state index in [1.165, 1.54) is 4.88 Å². The summed E-state index contributed by atoms with van der Waals surface area (Å²) in [7, 11) is 2.17. The maximum Gasteiger partial charge on any atom is 0.268 e. The van der Waals surface area contributed by atoms with Crippen LogP contribution in [0.25, 0.3) is 22.3 Å². The molecule has 1 aliphatic heterocycles. The zero-order chi connectivity index (χ0) is 16.4. The van der Waals surface area contributed by atoms with Crippen LogP contribution in [0, 0.1) is 0 Å². The first-order valence-corrected chi connectivity index (χ1v) is 8.70. The van der Waals surface area contributed by atoms with Gasteiger partial charge >= 0.3 is 0 Å². The summed E-state index contributed by atoms with van der Waals surface area (Å²) < 4.78 is 5.38. The average molecular weight is 342 g/mol. The summed E-state index contributed by atoms with van der Waals surface area (Å²) in [6.45, 7) is 5.46. The molecule has 0 atom stereocenters. The minimum atomic E-state index is 0.465. The lowest BCUT2D eigenvalue weighted by Crippen LogP contribution is -2.43. The van der Waals surface area contributed by atoms with Gasteiger partial charge in [0.15, 0.2) is 0 Å². The van der Waals surface area contributed by atoms with E-state index in [1.807, 2.05) is 6.07 Å². The number of aromatic nitrogens is 4. The standard InChI is InChI=1S/C16H18N6OS/c1-21-6-8-22(9-7-21)11-12-2-3-14(24-12)16-19-15(20-23-16)13-10-17-4-5-18-13/h2-5,10H,6-9,11H2,1H3. The first kappa shape index (κ1) is 15.4. The maximum absolute atomic E-state index is 5.38. The van der Waals surface area contributed by atoms with Crippen LogP contribution in [-0.2, 0) is 6.54 Å². The third kappa shape index (κ3) is 3.35. The lowest BCUT2D eigenvalue weighted by atomic mass is 10.3. The number of likely N-dealkylation sites (N-methyl/N-ethyl adjacent to an activating group) is 1. The number of rotatable bonds is 4. The zero-order valence-electron chi connectivity index (χ0n) is 13.4. The van der Waals surface area contributed by atoms with Crippen LogP contribution in [0.15, 0.2) is 35.2 Å². The molecule has 0 unspecified atom stereocenters. The molecule has 0 N–H and O–H groups in total. The fraction of sp³-hybridized carbons (Fsp3) is 0.375. The Balaban J connectivity index is 1.46. The van der Waals surface area contributed by atoms with Crippen molar-refractivity contribution < 1.29 is 4.52 Å². The molecule has 8 heteroatoms.